The first-order valence-electron chi connectivity index (χ1n) is 7.24. The van der Waals surface area contributed by atoms with Crippen LogP contribution in [0.5, 0.6) is 0 Å². The van der Waals surface area contributed by atoms with E-state index in [9.17, 15) is 4.79 Å². The monoisotopic (exact) mass is 280 g/mol. The Bertz CT molecular complexity index is 427. The SMILES string of the molecule is Cn1ccnc1COCC(=O)NC(CN)C1CCCC1. The number of carbonyl (C=O) groups excluding carboxylic acids is 1. The van der Waals surface area contributed by atoms with Crippen LogP contribution in [0.4, 0.5) is 0 Å². The van der Waals surface area contributed by atoms with E-state index in [2.05, 4.69) is 10.3 Å². The third kappa shape index (κ3) is 4.05. The largest absolute Gasteiger partial charge is 0.364 e. The van der Waals surface area contributed by atoms with Gasteiger partial charge in [-0.3, -0.25) is 4.79 Å². The van der Waals surface area contributed by atoms with Crippen molar-refractivity contribution < 1.29 is 9.53 Å². The van der Waals surface area contributed by atoms with Gasteiger partial charge in [0, 0.05) is 32.0 Å². The fraction of sp³-hybridized carbons (Fsp3) is 0.714. The normalized spacial score (nSPS) is 17.3. The molecule has 1 aliphatic rings. The van der Waals surface area contributed by atoms with Crippen molar-refractivity contribution in [2.24, 2.45) is 18.7 Å². The van der Waals surface area contributed by atoms with E-state index in [1.54, 1.807) is 6.20 Å². The van der Waals surface area contributed by atoms with Gasteiger partial charge in [0.2, 0.25) is 5.91 Å². The topological polar surface area (TPSA) is 82.2 Å². The molecule has 1 unspecified atom stereocenters. The van der Waals surface area contributed by atoms with Crippen LogP contribution in [0.15, 0.2) is 12.4 Å². The van der Waals surface area contributed by atoms with Crippen molar-refractivity contribution in [3.05, 3.63) is 18.2 Å². The number of amides is 1. The lowest BCUT2D eigenvalue weighted by atomic mass is 9.98. The second-order valence-electron chi connectivity index (χ2n) is 5.40. The molecule has 0 spiro atoms. The van der Waals surface area contributed by atoms with Crippen LogP contribution in [0.1, 0.15) is 31.5 Å². The first-order chi connectivity index (χ1) is 9.70. The van der Waals surface area contributed by atoms with E-state index in [1.807, 2.05) is 17.8 Å². The maximum atomic E-state index is 11.9. The summed E-state index contributed by atoms with van der Waals surface area (Å²) < 4.78 is 7.27. The predicted octanol–water partition coefficient (Wildman–Crippen LogP) is 0.570. The molecule has 112 valence electrons. The number of aromatic nitrogens is 2. The van der Waals surface area contributed by atoms with Gasteiger partial charge in [-0.2, -0.15) is 0 Å². The van der Waals surface area contributed by atoms with Crippen LogP contribution in [0.3, 0.4) is 0 Å². The Morgan fingerprint density at radius 1 is 1.60 bits per heavy atom. The first kappa shape index (κ1) is 15.0. The molecule has 3 N–H and O–H groups in total. The summed E-state index contributed by atoms with van der Waals surface area (Å²) in [5.41, 5.74) is 5.76. The fourth-order valence-electron chi connectivity index (χ4n) is 2.75. The summed E-state index contributed by atoms with van der Waals surface area (Å²) in [7, 11) is 1.90. The van der Waals surface area contributed by atoms with Gasteiger partial charge in [0.25, 0.3) is 0 Å². The molecule has 1 amide bonds. The zero-order chi connectivity index (χ0) is 14.4. The van der Waals surface area contributed by atoms with Crippen molar-refractivity contribution in [2.45, 2.75) is 38.3 Å². The Morgan fingerprint density at radius 2 is 2.35 bits per heavy atom. The summed E-state index contributed by atoms with van der Waals surface area (Å²) in [5.74, 6) is 1.24. The quantitative estimate of drug-likeness (QED) is 0.765. The molecule has 1 fully saturated rings. The van der Waals surface area contributed by atoms with E-state index in [-0.39, 0.29) is 18.6 Å². The summed E-state index contributed by atoms with van der Waals surface area (Å²) in [6, 6.07) is 0.0850. The summed E-state index contributed by atoms with van der Waals surface area (Å²) >= 11 is 0. The summed E-state index contributed by atoms with van der Waals surface area (Å²) in [5, 5.41) is 2.99. The zero-order valence-corrected chi connectivity index (χ0v) is 12.0. The lowest BCUT2D eigenvalue weighted by molar-refractivity contribution is -0.127. The molecule has 1 aromatic rings. The van der Waals surface area contributed by atoms with Crippen molar-refractivity contribution in [1.29, 1.82) is 0 Å². The van der Waals surface area contributed by atoms with E-state index >= 15 is 0 Å². The molecule has 6 heteroatoms. The van der Waals surface area contributed by atoms with Gasteiger partial charge in [-0.1, -0.05) is 12.8 Å². The molecule has 1 aromatic heterocycles. The molecule has 0 aromatic carbocycles. The van der Waals surface area contributed by atoms with Crippen molar-refractivity contribution >= 4 is 5.91 Å². The number of aryl methyl sites for hydroxylation is 1. The van der Waals surface area contributed by atoms with Crippen molar-refractivity contribution in [2.75, 3.05) is 13.2 Å². The van der Waals surface area contributed by atoms with Crippen LogP contribution >= 0.6 is 0 Å². The number of carbonyl (C=O) groups is 1. The van der Waals surface area contributed by atoms with Crippen LogP contribution in [-0.2, 0) is 23.2 Å². The number of nitrogens with two attached hydrogens (primary N) is 1. The first-order valence-corrected chi connectivity index (χ1v) is 7.24. The van der Waals surface area contributed by atoms with E-state index in [4.69, 9.17) is 10.5 Å². The van der Waals surface area contributed by atoms with Crippen molar-refractivity contribution in [3.8, 4) is 0 Å². The highest BCUT2D eigenvalue weighted by molar-refractivity contribution is 5.77. The maximum absolute atomic E-state index is 11.9. The molecular formula is C14H24N4O2. The van der Waals surface area contributed by atoms with Crippen molar-refractivity contribution in [3.63, 3.8) is 0 Å². The standard InChI is InChI=1S/C14H24N4O2/c1-18-7-6-16-13(18)9-20-10-14(19)17-12(8-15)11-4-2-3-5-11/h6-7,11-12H,2-5,8-10,15H2,1H3,(H,17,19). The highest BCUT2D eigenvalue weighted by Gasteiger charge is 2.25. The number of hydrogen-bond donors (Lipinski definition) is 2. The van der Waals surface area contributed by atoms with Crippen LogP contribution in [0.25, 0.3) is 0 Å². The van der Waals surface area contributed by atoms with E-state index in [0.717, 1.165) is 18.7 Å². The minimum absolute atomic E-state index is 0.0517. The molecule has 1 atom stereocenters. The molecule has 20 heavy (non-hydrogen) atoms. The van der Waals surface area contributed by atoms with Gasteiger partial charge in [0.1, 0.15) is 19.0 Å². The van der Waals surface area contributed by atoms with Crippen molar-refractivity contribution in [1.82, 2.24) is 14.9 Å². The van der Waals surface area contributed by atoms with E-state index < -0.39 is 0 Å². The Morgan fingerprint density at radius 3 is 2.95 bits per heavy atom. The third-order valence-electron chi connectivity index (χ3n) is 3.95. The average molecular weight is 280 g/mol. The Labute approximate surface area is 119 Å². The fourth-order valence-corrected chi connectivity index (χ4v) is 2.75. The lowest BCUT2D eigenvalue weighted by Crippen LogP contribution is -2.45. The molecule has 0 saturated heterocycles. The summed E-state index contributed by atoms with van der Waals surface area (Å²) in [6.07, 6.45) is 8.37. The average Bonchev–Trinajstić information content (AvgIpc) is 3.08. The number of nitrogens with one attached hydrogen (secondary N) is 1. The molecule has 6 nitrogen and oxygen atoms in total. The Hall–Kier alpha value is -1.40. The van der Waals surface area contributed by atoms with Crippen LogP contribution < -0.4 is 11.1 Å². The number of rotatable bonds is 7. The lowest BCUT2D eigenvalue weighted by Gasteiger charge is -2.23. The Balaban J connectivity index is 1.70. The molecule has 1 heterocycles. The predicted molar refractivity (Wildman–Crippen MR) is 75.8 cm³/mol. The van der Waals surface area contributed by atoms with Gasteiger partial charge in [0.15, 0.2) is 0 Å². The molecular weight excluding hydrogens is 256 g/mol. The van der Waals surface area contributed by atoms with Gasteiger partial charge in [-0.15, -0.1) is 0 Å². The van der Waals surface area contributed by atoms with Crippen LogP contribution in [0, 0.1) is 5.92 Å². The minimum atomic E-state index is -0.0958. The van der Waals surface area contributed by atoms with Gasteiger partial charge >= 0.3 is 0 Å². The molecule has 0 aliphatic heterocycles. The smallest absolute Gasteiger partial charge is 0.246 e. The van der Waals surface area contributed by atoms with Crippen LogP contribution in [0.2, 0.25) is 0 Å². The highest BCUT2D eigenvalue weighted by Crippen LogP contribution is 2.27. The maximum Gasteiger partial charge on any atom is 0.246 e. The summed E-state index contributed by atoms with van der Waals surface area (Å²) in [6.45, 7) is 0.888. The molecule has 1 aliphatic carbocycles. The second-order valence-corrected chi connectivity index (χ2v) is 5.40. The number of ether oxygens (including phenoxy) is 1. The zero-order valence-electron chi connectivity index (χ0n) is 12.0. The van der Waals surface area contributed by atoms with Gasteiger partial charge < -0.3 is 20.4 Å². The molecule has 0 radical (unpaired) electrons. The van der Waals surface area contributed by atoms with E-state index in [0.29, 0.717) is 19.1 Å². The second kappa shape index (κ2) is 7.40. The number of hydrogen-bond acceptors (Lipinski definition) is 4. The number of imidazole rings is 1. The highest BCUT2D eigenvalue weighted by atomic mass is 16.5. The molecule has 2 rings (SSSR count). The minimum Gasteiger partial charge on any atom is -0.364 e. The van der Waals surface area contributed by atoms with Gasteiger partial charge in [0.05, 0.1) is 0 Å². The Kier molecular flexibility index (Phi) is 5.55. The van der Waals surface area contributed by atoms with Gasteiger partial charge in [-0.25, -0.2) is 4.98 Å². The molecule has 1 saturated carbocycles. The van der Waals surface area contributed by atoms with E-state index in [1.165, 1.54) is 12.8 Å². The third-order valence-corrected chi connectivity index (χ3v) is 3.95. The van der Waals surface area contributed by atoms with Gasteiger partial charge in [-0.05, 0) is 18.8 Å². The molecule has 0 bridgehead atoms. The number of nitrogens with zero attached hydrogens (tertiary/aromatic N) is 2. The summed E-state index contributed by atoms with van der Waals surface area (Å²) in [4.78, 5) is 16.0. The van der Waals surface area contributed by atoms with Crippen LogP contribution in [-0.4, -0.2) is 34.7 Å².